The fraction of sp³-hybridized carbons (Fsp3) is 0.500. The molecule has 0 atom stereocenters. The Labute approximate surface area is 139 Å². The quantitative estimate of drug-likeness (QED) is 0.479. The number of rotatable bonds is 5. The summed E-state index contributed by atoms with van der Waals surface area (Å²) in [7, 11) is 0. The van der Waals surface area contributed by atoms with E-state index < -0.39 is 29.2 Å². The van der Waals surface area contributed by atoms with Crippen LogP contribution in [0.3, 0.4) is 0 Å². The van der Waals surface area contributed by atoms with Gasteiger partial charge in [0.15, 0.2) is 5.78 Å². The van der Waals surface area contributed by atoms with Gasteiger partial charge >= 0.3 is 12.0 Å². The Morgan fingerprint density at radius 3 is 2.33 bits per heavy atom. The van der Waals surface area contributed by atoms with E-state index in [2.05, 4.69) is 10.3 Å². The maximum Gasteiger partial charge on any atom is 0.355 e. The summed E-state index contributed by atoms with van der Waals surface area (Å²) in [6.07, 6.45) is 0. The van der Waals surface area contributed by atoms with Crippen LogP contribution < -0.4 is 5.32 Å². The zero-order chi connectivity index (χ0) is 18.2. The van der Waals surface area contributed by atoms with Crippen molar-refractivity contribution in [2.24, 2.45) is 0 Å². The van der Waals surface area contributed by atoms with Crippen molar-refractivity contribution in [1.29, 1.82) is 0 Å². The highest BCUT2D eigenvalue weighted by Crippen LogP contribution is 2.22. The summed E-state index contributed by atoms with van der Waals surface area (Å²) < 4.78 is 4.94. The third-order valence-electron chi connectivity index (χ3n) is 3.94. The number of hydrogen-bond donors (Lipinski definition) is 2. The number of imide groups is 1. The smallest absolute Gasteiger partial charge is 0.355 e. The van der Waals surface area contributed by atoms with E-state index in [1.54, 1.807) is 34.6 Å². The summed E-state index contributed by atoms with van der Waals surface area (Å²) in [6.45, 7) is 7.95. The number of aromatic amines is 1. The molecule has 1 aromatic rings. The number of amides is 3. The number of H-pyrrole nitrogens is 1. The number of ether oxygens (including phenoxy) is 1. The Kier molecular flexibility index (Phi) is 4.50. The lowest BCUT2D eigenvalue weighted by Crippen LogP contribution is -2.41. The second-order valence-electron chi connectivity index (χ2n) is 6.22. The van der Waals surface area contributed by atoms with E-state index in [0.29, 0.717) is 16.8 Å². The van der Waals surface area contributed by atoms with Crippen LogP contribution in [0.25, 0.3) is 0 Å². The molecule has 0 unspecified atom stereocenters. The van der Waals surface area contributed by atoms with Gasteiger partial charge in [0.05, 0.1) is 13.2 Å². The zero-order valence-corrected chi connectivity index (χ0v) is 14.4. The Morgan fingerprint density at radius 1 is 1.21 bits per heavy atom. The van der Waals surface area contributed by atoms with Gasteiger partial charge < -0.3 is 15.0 Å². The summed E-state index contributed by atoms with van der Waals surface area (Å²) >= 11 is 0. The minimum atomic E-state index is -1.03. The van der Waals surface area contributed by atoms with Crippen LogP contribution in [0.4, 0.5) is 4.79 Å². The van der Waals surface area contributed by atoms with Crippen molar-refractivity contribution in [2.45, 2.75) is 40.2 Å². The van der Waals surface area contributed by atoms with Crippen LogP contribution in [0.2, 0.25) is 0 Å². The van der Waals surface area contributed by atoms with Gasteiger partial charge in [-0.25, -0.2) is 9.59 Å². The predicted octanol–water partition coefficient (Wildman–Crippen LogP) is 1.32. The highest BCUT2D eigenvalue weighted by molar-refractivity contribution is 6.11. The van der Waals surface area contributed by atoms with Crippen LogP contribution in [0.15, 0.2) is 0 Å². The molecule has 130 valence electrons. The van der Waals surface area contributed by atoms with Gasteiger partial charge in [0.25, 0.3) is 5.91 Å². The minimum Gasteiger partial charge on any atom is -0.461 e. The standard InChI is InChI=1S/C16H21N3O5/c1-6-24-13(21)12-8(2)11(9(3)17-12)10(20)7-19-14(22)16(4,5)18-15(19)23/h17H,6-7H2,1-5H3,(H,18,23). The third-order valence-corrected chi connectivity index (χ3v) is 3.94. The number of urea groups is 1. The fourth-order valence-corrected chi connectivity index (χ4v) is 2.76. The van der Waals surface area contributed by atoms with Crippen molar-refractivity contribution in [3.05, 3.63) is 22.5 Å². The molecule has 0 spiro atoms. The Balaban J connectivity index is 2.27. The molecular formula is C16H21N3O5. The molecule has 2 heterocycles. The number of nitrogens with one attached hydrogen (secondary N) is 2. The van der Waals surface area contributed by atoms with Gasteiger partial charge in [-0.15, -0.1) is 0 Å². The van der Waals surface area contributed by atoms with Crippen LogP contribution in [0.5, 0.6) is 0 Å². The minimum absolute atomic E-state index is 0.204. The van der Waals surface area contributed by atoms with Crippen LogP contribution >= 0.6 is 0 Å². The first-order valence-electron chi connectivity index (χ1n) is 7.63. The highest BCUT2D eigenvalue weighted by atomic mass is 16.5. The Hall–Kier alpha value is -2.64. The molecule has 2 rings (SSSR count). The van der Waals surface area contributed by atoms with E-state index in [4.69, 9.17) is 4.74 Å². The van der Waals surface area contributed by atoms with E-state index in [-0.39, 0.29) is 18.8 Å². The molecule has 0 bridgehead atoms. The van der Waals surface area contributed by atoms with Crippen LogP contribution in [0.1, 0.15) is 52.9 Å². The molecule has 0 radical (unpaired) electrons. The molecule has 1 saturated heterocycles. The van der Waals surface area contributed by atoms with Gasteiger partial charge in [-0.3, -0.25) is 14.5 Å². The number of nitrogens with zero attached hydrogens (tertiary/aromatic N) is 1. The third kappa shape index (κ3) is 2.91. The lowest BCUT2D eigenvalue weighted by atomic mass is 10.0. The van der Waals surface area contributed by atoms with E-state index in [1.165, 1.54) is 0 Å². The Bertz CT molecular complexity index is 732. The molecule has 1 aromatic heterocycles. The maximum absolute atomic E-state index is 12.6. The average Bonchev–Trinajstić information content (AvgIpc) is 2.87. The molecular weight excluding hydrogens is 314 g/mol. The van der Waals surface area contributed by atoms with Crippen molar-refractivity contribution >= 4 is 23.7 Å². The summed E-state index contributed by atoms with van der Waals surface area (Å²) in [5.41, 5.74) is 0.406. The van der Waals surface area contributed by atoms with E-state index in [0.717, 1.165) is 4.90 Å². The van der Waals surface area contributed by atoms with Crippen molar-refractivity contribution in [3.63, 3.8) is 0 Å². The van der Waals surface area contributed by atoms with Crippen LogP contribution in [0, 0.1) is 13.8 Å². The van der Waals surface area contributed by atoms with Crippen molar-refractivity contribution in [1.82, 2.24) is 15.2 Å². The number of hydrogen-bond acceptors (Lipinski definition) is 5. The molecule has 0 aliphatic carbocycles. The molecule has 24 heavy (non-hydrogen) atoms. The molecule has 3 amide bonds. The SMILES string of the molecule is CCOC(=O)c1[nH]c(C)c(C(=O)CN2C(=O)NC(C)(C)C2=O)c1C. The number of carbonyl (C=O) groups excluding carboxylic acids is 4. The zero-order valence-electron chi connectivity index (χ0n) is 14.4. The maximum atomic E-state index is 12.6. The number of esters is 1. The number of aryl methyl sites for hydroxylation is 1. The van der Waals surface area contributed by atoms with E-state index in [1.807, 2.05) is 0 Å². The summed E-state index contributed by atoms with van der Waals surface area (Å²) in [6, 6.07) is -0.602. The number of Topliss-reactive ketones (excluding diaryl/α,β-unsaturated/α-hetero) is 1. The monoisotopic (exact) mass is 335 g/mol. The molecule has 0 aromatic carbocycles. The summed E-state index contributed by atoms with van der Waals surface area (Å²) in [5.74, 6) is -1.43. The summed E-state index contributed by atoms with van der Waals surface area (Å²) in [5, 5.41) is 2.52. The largest absolute Gasteiger partial charge is 0.461 e. The first-order chi connectivity index (χ1) is 11.1. The topological polar surface area (TPSA) is 109 Å². The lowest BCUT2D eigenvalue weighted by molar-refractivity contribution is -0.129. The van der Waals surface area contributed by atoms with Crippen molar-refractivity contribution < 1.29 is 23.9 Å². The van der Waals surface area contributed by atoms with Gasteiger partial charge in [0.1, 0.15) is 11.2 Å². The lowest BCUT2D eigenvalue weighted by Gasteiger charge is -2.15. The van der Waals surface area contributed by atoms with Crippen LogP contribution in [-0.4, -0.2) is 52.3 Å². The first-order valence-corrected chi connectivity index (χ1v) is 7.63. The van der Waals surface area contributed by atoms with E-state index in [9.17, 15) is 19.2 Å². The normalized spacial score (nSPS) is 16.3. The predicted molar refractivity (Wildman–Crippen MR) is 84.9 cm³/mol. The molecule has 1 aliphatic rings. The average molecular weight is 335 g/mol. The molecule has 0 saturated carbocycles. The number of carbonyl (C=O) groups is 4. The molecule has 1 fully saturated rings. The van der Waals surface area contributed by atoms with Crippen molar-refractivity contribution in [2.75, 3.05) is 13.2 Å². The first kappa shape index (κ1) is 17.7. The second-order valence-corrected chi connectivity index (χ2v) is 6.22. The molecule has 1 aliphatic heterocycles. The van der Waals surface area contributed by atoms with Gasteiger partial charge in [-0.2, -0.15) is 0 Å². The summed E-state index contributed by atoms with van der Waals surface area (Å²) in [4.78, 5) is 52.3. The second kappa shape index (κ2) is 6.10. The molecule has 8 nitrogen and oxygen atoms in total. The van der Waals surface area contributed by atoms with Crippen molar-refractivity contribution in [3.8, 4) is 0 Å². The molecule has 2 N–H and O–H groups in total. The van der Waals surface area contributed by atoms with Gasteiger partial charge in [-0.1, -0.05) is 0 Å². The highest BCUT2D eigenvalue weighted by Gasteiger charge is 2.45. The number of ketones is 1. The Morgan fingerprint density at radius 2 is 1.83 bits per heavy atom. The van der Waals surface area contributed by atoms with Gasteiger partial charge in [0.2, 0.25) is 0 Å². The van der Waals surface area contributed by atoms with Gasteiger partial charge in [-0.05, 0) is 40.2 Å². The van der Waals surface area contributed by atoms with E-state index >= 15 is 0 Å². The fourth-order valence-electron chi connectivity index (χ4n) is 2.76. The van der Waals surface area contributed by atoms with Gasteiger partial charge in [0, 0.05) is 11.3 Å². The van der Waals surface area contributed by atoms with Crippen LogP contribution in [-0.2, 0) is 9.53 Å². The molecule has 8 heteroatoms. The number of aromatic nitrogens is 1.